The summed E-state index contributed by atoms with van der Waals surface area (Å²) in [5, 5.41) is 10.4. The summed E-state index contributed by atoms with van der Waals surface area (Å²) in [6.45, 7) is -5.97. The fourth-order valence-corrected chi connectivity index (χ4v) is 1.67. The van der Waals surface area contributed by atoms with Crippen LogP contribution in [0.1, 0.15) is 20.7 Å². The van der Waals surface area contributed by atoms with E-state index in [0.717, 1.165) is 18.2 Å². The molecule has 27 heavy (non-hydrogen) atoms. The molecule has 11 heteroatoms. The van der Waals surface area contributed by atoms with Crippen LogP contribution in [0.15, 0.2) is 42.5 Å². The predicted molar refractivity (Wildman–Crippen MR) is 83.6 cm³/mol. The van der Waals surface area contributed by atoms with Crippen molar-refractivity contribution in [2.75, 3.05) is 0 Å². The van der Waals surface area contributed by atoms with Gasteiger partial charge in [-0.25, -0.2) is 0 Å². The Morgan fingerprint density at radius 3 is 1.81 bits per heavy atom. The largest absolute Gasteiger partial charge is 0.435 e. The summed E-state index contributed by atoms with van der Waals surface area (Å²) in [5.74, 6) is -0.517. The van der Waals surface area contributed by atoms with Crippen LogP contribution >= 0.6 is 0 Å². The first-order valence-corrected chi connectivity index (χ1v) is 6.95. The lowest BCUT2D eigenvalue weighted by Gasteiger charge is -2.04. The van der Waals surface area contributed by atoms with Gasteiger partial charge in [-0.1, -0.05) is 0 Å². The van der Waals surface area contributed by atoms with Crippen LogP contribution in [0.4, 0.5) is 23.2 Å². The smallest absolute Gasteiger partial charge is 0.387 e. The van der Waals surface area contributed by atoms with E-state index in [-0.39, 0.29) is 11.3 Å². The van der Waals surface area contributed by atoms with Crippen molar-refractivity contribution in [2.45, 2.75) is 13.2 Å². The number of hydrogen-bond donors (Lipinski definition) is 0. The molecule has 2 aromatic carbocycles. The lowest BCUT2D eigenvalue weighted by atomic mass is 10.2. The minimum Gasteiger partial charge on any atom is -0.435 e. The summed E-state index contributed by atoms with van der Waals surface area (Å²) in [6.07, 6.45) is 1.01. The number of rotatable bonds is 7. The van der Waals surface area contributed by atoms with Gasteiger partial charge in [-0.2, -0.15) is 17.6 Å². The van der Waals surface area contributed by atoms with E-state index in [0.29, 0.717) is 18.1 Å². The molecule has 144 valence electrons. The Kier molecular flexibility index (Phi) is 8.36. The molecule has 0 atom stereocenters. The molecule has 0 aliphatic carbocycles. The van der Waals surface area contributed by atoms with Crippen molar-refractivity contribution in [2.24, 2.45) is 0 Å². The fourth-order valence-electron chi connectivity index (χ4n) is 1.67. The maximum atomic E-state index is 11.8. The van der Waals surface area contributed by atoms with E-state index in [2.05, 4.69) is 9.47 Å². The highest BCUT2D eigenvalue weighted by Crippen LogP contribution is 2.28. The Bertz CT molecular complexity index is 783. The first kappa shape index (κ1) is 21.5. The van der Waals surface area contributed by atoms with E-state index in [9.17, 15) is 37.3 Å². The molecule has 0 aliphatic heterocycles. The van der Waals surface area contributed by atoms with Crippen LogP contribution in [-0.2, 0) is 0 Å². The van der Waals surface area contributed by atoms with Crippen molar-refractivity contribution < 1.29 is 41.5 Å². The van der Waals surface area contributed by atoms with E-state index < -0.39 is 29.6 Å². The lowest BCUT2D eigenvalue weighted by molar-refractivity contribution is -0.386. The van der Waals surface area contributed by atoms with E-state index in [4.69, 9.17) is 0 Å². The molecule has 0 spiro atoms. The standard InChI is InChI=1S/C8H5F2NO4.C8H6F2O2/c9-8(10)15-7-2-1-5(4-12)3-6(7)11(13)14;9-8(10)12-7-3-1-6(5-11)2-4-7/h1-4,8H;1-5,8H. The Balaban J connectivity index is 0.000000277. The molecule has 2 aromatic rings. The molecule has 0 bridgehead atoms. The van der Waals surface area contributed by atoms with Gasteiger partial charge in [0, 0.05) is 17.2 Å². The minimum atomic E-state index is -3.15. The van der Waals surface area contributed by atoms with Gasteiger partial charge < -0.3 is 9.47 Å². The van der Waals surface area contributed by atoms with Crippen LogP contribution in [0.25, 0.3) is 0 Å². The average molecular weight is 389 g/mol. The van der Waals surface area contributed by atoms with Gasteiger partial charge in [-0.05, 0) is 36.4 Å². The molecule has 2 rings (SSSR count). The molecule has 0 aliphatic rings. The summed E-state index contributed by atoms with van der Waals surface area (Å²) < 4.78 is 54.9. The highest BCUT2D eigenvalue weighted by Gasteiger charge is 2.18. The molecule has 7 nitrogen and oxygen atoms in total. The van der Waals surface area contributed by atoms with Crippen molar-refractivity contribution in [3.8, 4) is 11.5 Å². The van der Waals surface area contributed by atoms with Crippen LogP contribution in [0, 0.1) is 10.1 Å². The number of nitrogens with zero attached hydrogens (tertiary/aromatic N) is 1. The Labute approximate surface area is 149 Å². The highest BCUT2D eigenvalue weighted by atomic mass is 19.3. The van der Waals surface area contributed by atoms with Gasteiger partial charge in [0.15, 0.2) is 0 Å². The monoisotopic (exact) mass is 389 g/mol. The molecule has 0 N–H and O–H groups in total. The van der Waals surface area contributed by atoms with Gasteiger partial charge in [0.1, 0.15) is 18.3 Å². The summed E-state index contributed by atoms with van der Waals surface area (Å²) >= 11 is 0. The third kappa shape index (κ3) is 7.50. The Hall–Kier alpha value is -3.50. The predicted octanol–water partition coefficient (Wildman–Crippen LogP) is 4.11. The number of carbonyl (C=O) groups excluding carboxylic acids is 2. The van der Waals surface area contributed by atoms with E-state index in [1.54, 1.807) is 0 Å². The van der Waals surface area contributed by atoms with Gasteiger partial charge in [0.25, 0.3) is 0 Å². The third-order valence-electron chi connectivity index (χ3n) is 2.77. The number of nitro benzene ring substituents is 1. The number of benzene rings is 2. The van der Waals surface area contributed by atoms with Crippen LogP contribution in [0.5, 0.6) is 11.5 Å². The molecule has 0 unspecified atom stereocenters. The number of halogens is 4. The van der Waals surface area contributed by atoms with Crippen LogP contribution in [0.3, 0.4) is 0 Å². The normalized spacial score (nSPS) is 10.0. The molecule has 0 saturated carbocycles. The number of carbonyl (C=O) groups is 2. The molecule has 0 heterocycles. The zero-order chi connectivity index (χ0) is 20.4. The molecule has 0 fully saturated rings. The van der Waals surface area contributed by atoms with Gasteiger partial charge >= 0.3 is 18.9 Å². The van der Waals surface area contributed by atoms with Crippen molar-refractivity contribution in [1.82, 2.24) is 0 Å². The van der Waals surface area contributed by atoms with Crippen molar-refractivity contribution in [3.05, 3.63) is 63.7 Å². The fraction of sp³-hybridized carbons (Fsp3) is 0.125. The van der Waals surface area contributed by atoms with Crippen molar-refractivity contribution >= 4 is 18.3 Å². The molecule has 0 radical (unpaired) electrons. The molecule has 0 saturated heterocycles. The lowest BCUT2D eigenvalue weighted by Crippen LogP contribution is -2.04. The maximum Gasteiger partial charge on any atom is 0.387 e. The maximum absolute atomic E-state index is 11.8. The SMILES string of the molecule is O=Cc1ccc(OC(F)F)c([N+](=O)[O-])c1.O=Cc1ccc(OC(F)F)cc1. The average Bonchev–Trinajstić information content (AvgIpc) is 2.62. The second-order valence-corrected chi connectivity index (χ2v) is 4.55. The number of alkyl halides is 4. The van der Waals surface area contributed by atoms with E-state index in [1.165, 1.54) is 24.3 Å². The zero-order valence-electron chi connectivity index (χ0n) is 13.3. The van der Waals surface area contributed by atoms with Gasteiger partial charge in [0.2, 0.25) is 5.75 Å². The second kappa shape index (κ2) is 10.5. The topological polar surface area (TPSA) is 95.7 Å². The van der Waals surface area contributed by atoms with E-state index in [1.807, 2.05) is 0 Å². The molecular formula is C16H11F4NO6. The van der Waals surface area contributed by atoms with Crippen LogP contribution < -0.4 is 9.47 Å². The molecule has 0 aromatic heterocycles. The van der Waals surface area contributed by atoms with Crippen molar-refractivity contribution in [1.29, 1.82) is 0 Å². The minimum absolute atomic E-state index is 0.0170. The molecular weight excluding hydrogens is 378 g/mol. The van der Waals surface area contributed by atoms with Crippen LogP contribution in [0.2, 0.25) is 0 Å². The van der Waals surface area contributed by atoms with Crippen LogP contribution in [-0.4, -0.2) is 30.7 Å². The summed E-state index contributed by atoms with van der Waals surface area (Å²) in [5.41, 5.74) is -0.222. The summed E-state index contributed by atoms with van der Waals surface area (Å²) in [7, 11) is 0. The highest BCUT2D eigenvalue weighted by molar-refractivity contribution is 5.77. The first-order valence-electron chi connectivity index (χ1n) is 6.95. The number of ether oxygens (including phenoxy) is 2. The Morgan fingerprint density at radius 2 is 1.37 bits per heavy atom. The van der Waals surface area contributed by atoms with Crippen molar-refractivity contribution in [3.63, 3.8) is 0 Å². The van der Waals surface area contributed by atoms with Gasteiger partial charge in [-0.15, -0.1) is 0 Å². The zero-order valence-corrected chi connectivity index (χ0v) is 13.3. The number of hydrogen-bond acceptors (Lipinski definition) is 6. The Morgan fingerprint density at radius 1 is 0.852 bits per heavy atom. The second-order valence-electron chi connectivity index (χ2n) is 4.55. The molecule has 0 amide bonds. The summed E-state index contributed by atoms with van der Waals surface area (Å²) in [6, 6.07) is 8.41. The van der Waals surface area contributed by atoms with E-state index >= 15 is 0 Å². The first-order chi connectivity index (χ1) is 12.8. The van der Waals surface area contributed by atoms with Gasteiger partial charge in [0.05, 0.1) is 4.92 Å². The third-order valence-corrected chi connectivity index (χ3v) is 2.77. The number of aldehydes is 2. The number of nitro groups is 1. The quantitative estimate of drug-likeness (QED) is 0.306. The van der Waals surface area contributed by atoms with Gasteiger partial charge in [-0.3, -0.25) is 19.7 Å². The summed E-state index contributed by atoms with van der Waals surface area (Å²) in [4.78, 5) is 30.0.